The van der Waals surface area contributed by atoms with Crippen LogP contribution in [-0.4, -0.2) is 33.4 Å². The molecule has 0 saturated carbocycles. The fourth-order valence-electron chi connectivity index (χ4n) is 3.35. The Balaban J connectivity index is 1.41. The van der Waals surface area contributed by atoms with E-state index in [9.17, 15) is 8.42 Å². The Morgan fingerprint density at radius 3 is 2.77 bits per heavy atom. The number of hydrogen-bond acceptors (Lipinski definition) is 5. The van der Waals surface area contributed by atoms with Crippen LogP contribution in [0, 0.1) is 0 Å². The van der Waals surface area contributed by atoms with Crippen molar-refractivity contribution in [3.63, 3.8) is 0 Å². The average Bonchev–Trinajstić information content (AvgIpc) is 3.01. The van der Waals surface area contributed by atoms with Gasteiger partial charge in [0.05, 0.1) is 6.61 Å². The van der Waals surface area contributed by atoms with Crippen LogP contribution in [0.15, 0.2) is 57.8 Å². The quantitative estimate of drug-likeness (QED) is 0.530. The predicted octanol–water partition coefficient (Wildman–Crippen LogP) is 3.86. The van der Waals surface area contributed by atoms with Crippen molar-refractivity contribution in [1.82, 2.24) is 10.6 Å². The second kappa shape index (κ2) is 10.6. The normalized spacial score (nSPS) is 15.3. The van der Waals surface area contributed by atoms with Gasteiger partial charge < -0.3 is 15.4 Å². The molecular weight excluding hydrogens is 398 g/mol. The zero-order valence-electron chi connectivity index (χ0n) is 17.7. The number of fused-ring (bicyclic) bond motifs is 1. The first-order valence-corrected chi connectivity index (χ1v) is 12.1. The lowest BCUT2D eigenvalue weighted by atomic mass is 10.1. The van der Waals surface area contributed by atoms with Gasteiger partial charge in [-0.1, -0.05) is 44.0 Å². The highest BCUT2D eigenvalue weighted by Crippen LogP contribution is 2.24. The summed E-state index contributed by atoms with van der Waals surface area (Å²) in [5.41, 5.74) is 1.84. The van der Waals surface area contributed by atoms with Gasteiger partial charge in [0.1, 0.15) is 16.5 Å². The van der Waals surface area contributed by atoms with Crippen molar-refractivity contribution in [2.24, 2.45) is 4.40 Å². The van der Waals surface area contributed by atoms with Gasteiger partial charge >= 0.3 is 0 Å². The van der Waals surface area contributed by atoms with E-state index < -0.39 is 10.0 Å². The zero-order chi connectivity index (χ0) is 21.4. The van der Waals surface area contributed by atoms with Gasteiger partial charge in [-0.25, -0.2) is 0 Å². The first-order chi connectivity index (χ1) is 14.5. The highest BCUT2D eigenvalue weighted by molar-refractivity contribution is 7.90. The second-order valence-corrected chi connectivity index (χ2v) is 9.18. The highest BCUT2D eigenvalue weighted by Gasteiger charge is 2.27. The van der Waals surface area contributed by atoms with Crippen molar-refractivity contribution in [1.29, 1.82) is 0 Å². The maximum Gasteiger partial charge on any atom is 0.285 e. The van der Waals surface area contributed by atoms with Gasteiger partial charge in [-0.3, -0.25) is 0 Å². The van der Waals surface area contributed by atoms with Crippen molar-refractivity contribution < 1.29 is 13.2 Å². The molecule has 162 valence electrons. The molecule has 0 bridgehead atoms. The first-order valence-electron chi connectivity index (χ1n) is 10.6. The Bertz CT molecular complexity index is 973. The minimum absolute atomic E-state index is 0.262. The molecule has 6 nitrogen and oxygen atoms in total. The van der Waals surface area contributed by atoms with E-state index in [1.165, 1.54) is 24.8 Å². The summed E-state index contributed by atoms with van der Waals surface area (Å²) < 4.78 is 33.8. The van der Waals surface area contributed by atoms with Gasteiger partial charge in [0, 0.05) is 24.7 Å². The zero-order valence-corrected chi connectivity index (χ0v) is 18.5. The lowest BCUT2D eigenvalue weighted by Crippen LogP contribution is -2.25. The van der Waals surface area contributed by atoms with E-state index in [0.717, 1.165) is 18.7 Å². The van der Waals surface area contributed by atoms with Gasteiger partial charge in [-0.15, -0.1) is 4.40 Å². The SMILES string of the molecule is CCCCC(C)NCc1cccc(OCCCNC2=NS(=O)(=O)c3ccccc32)c1. The summed E-state index contributed by atoms with van der Waals surface area (Å²) in [5.74, 6) is 1.26. The number of nitrogens with zero attached hydrogens (tertiary/aromatic N) is 1. The number of benzene rings is 2. The first kappa shape index (κ1) is 22.3. The molecule has 1 atom stereocenters. The fraction of sp³-hybridized carbons (Fsp3) is 0.435. The molecule has 2 aromatic carbocycles. The third kappa shape index (κ3) is 6.06. The molecule has 1 unspecified atom stereocenters. The van der Waals surface area contributed by atoms with E-state index in [1.807, 2.05) is 18.2 Å². The standard InChI is InChI=1S/C23H31N3O3S/c1-3-4-9-18(2)25-17-19-10-7-11-20(16-19)29-15-8-14-24-23-21-12-5-6-13-22(21)30(27,28)26-23/h5-7,10-13,16,18,25H,3-4,8-9,14-15,17H2,1-2H3,(H,24,26). The summed E-state index contributed by atoms with van der Waals surface area (Å²) in [7, 11) is -3.57. The summed E-state index contributed by atoms with van der Waals surface area (Å²) in [5, 5.41) is 6.68. The number of amidine groups is 1. The molecule has 0 amide bonds. The maximum absolute atomic E-state index is 12.1. The van der Waals surface area contributed by atoms with Crippen LogP contribution in [0.1, 0.15) is 50.7 Å². The third-order valence-corrected chi connectivity index (χ3v) is 6.39. The van der Waals surface area contributed by atoms with Crippen LogP contribution < -0.4 is 15.4 Å². The summed E-state index contributed by atoms with van der Waals surface area (Å²) in [6.45, 7) is 6.39. The molecule has 0 radical (unpaired) electrons. The van der Waals surface area contributed by atoms with Crippen LogP contribution in [-0.2, 0) is 16.6 Å². The van der Waals surface area contributed by atoms with E-state index in [-0.39, 0.29) is 4.90 Å². The predicted molar refractivity (Wildman–Crippen MR) is 121 cm³/mol. The van der Waals surface area contributed by atoms with Gasteiger partial charge in [-0.05, 0) is 49.6 Å². The highest BCUT2D eigenvalue weighted by atomic mass is 32.2. The van der Waals surface area contributed by atoms with Gasteiger partial charge in [-0.2, -0.15) is 8.42 Å². The lowest BCUT2D eigenvalue weighted by molar-refractivity contribution is 0.311. The molecule has 3 rings (SSSR count). The number of rotatable bonds is 11. The molecule has 2 aromatic rings. The molecular formula is C23H31N3O3S. The van der Waals surface area contributed by atoms with Crippen LogP contribution in [0.4, 0.5) is 0 Å². The monoisotopic (exact) mass is 429 g/mol. The molecule has 0 fully saturated rings. The topological polar surface area (TPSA) is 79.8 Å². The molecule has 7 heteroatoms. The van der Waals surface area contributed by atoms with Gasteiger partial charge in [0.2, 0.25) is 0 Å². The van der Waals surface area contributed by atoms with Crippen LogP contribution in [0.5, 0.6) is 5.75 Å². The van der Waals surface area contributed by atoms with E-state index in [4.69, 9.17) is 4.74 Å². The van der Waals surface area contributed by atoms with Crippen molar-refractivity contribution in [2.75, 3.05) is 13.2 Å². The summed E-state index contributed by atoms with van der Waals surface area (Å²) in [4.78, 5) is 0.262. The molecule has 0 aromatic heterocycles. The number of nitrogens with one attached hydrogen (secondary N) is 2. The summed E-state index contributed by atoms with van der Waals surface area (Å²) in [6, 6.07) is 15.5. The number of unbranched alkanes of at least 4 members (excludes halogenated alkanes) is 1. The van der Waals surface area contributed by atoms with Crippen LogP contribution in [0.3, 0.4) is 0 Å². The minimum atomic E-state index is -3.57. The average molecular weight is 430 g/mol. The van der Waals surface area contributed by atoms with E-state index in [0.29, 0.717) is 30.6 Å². The van der Waals surface area contributed by atoms with Gasteiger partial charge in [0.25, 0.3) is 10.0 Å². The second-order valence-electron chi connectivity index (χ2n) is 7.61. The van der Waals surface area contributed by atoms with Crippen LogP contribution >= 0.6 is 0 Å². The molecule has 1 aliphatic rings. The van der Waals surface area contributed by atoms with Crippen LogP contribution in [0.2, 0.25) is 0 Å². The molecule has 2 N–H and O–H groups in total. The van der Waals surface area contributed by atoms with Crippen LogP contribution in [0.25, 0.3) is 0 Å². The summed E-state index contributed by atoms with van der Waals surface area (Å²) >= 11 is 0. The molecule has 0 aliphatic carbocycles. The Morgan fingerprint density at radius 1 is 1.10 bits per heavy atom. The fourth-order valence-corrected chi connectivity index (χ4v) is 4.55. The summed E-state index contributed by atoms with van der Waals surface area (Å²) in [6.07, 6.45) is 4.39. The smallest absolute Gasteiger partial charge is 0.285 e. The molecule has 0 saturated heterocycles. The van der Waals surface area contributed by atoms with E-state index >= 15 is 0 Å². The number of sulfonamides is 1. The number of ether oxygens (including phenoxy) is 1. The Hall–Kier alpha value is -2.38. The lowest BCUT2D eigenvalue weighted by Gasteiger charge is -2.14. The molecule has 1 heterocycles. The Kier molecular flexibility index (Phi) is 7.87. The molecule has 1 aliphatic heterocycles. The minimum Gasteiger partial charge on any atom is -0.494 e. The van der Waals surface area contributed by atoms with E-state index in [1.54, 1.807) is 18.2 Å². The van der Waals surface area contributed by atoms with E-state index in [2.05, 4.69) is 41.0 Å². The third-order valence-electron chi connectivity index (χ3n) is 5.06. The largest absolute Gasteiger partial charge is 0.494 e. The van der Waals surface area contributed by atoms with Crippen molar-refractivity contribution in [3.05, 3.63) is 59.7 Å². The molecule has 0 spiro atoms. The maximum atomic E-state index is 12.1. The van der Waals surface area contributed by atoms with Crippen molar-refractivity contribution in [2.45, 2.75) is 57.0 Å². The molecule has 30 heavy (non-hydrogen) atoms. The van der Waals surface area contributed by atoms with Gasteiger partial charge in [0.15, 0.2) is 0 Å². The van der Waals surface area contributed by atoms with Crippen molar-refractivity contribution >= 4 is 15.9 Å². The number of hydrogen-bond donors (Lipinski definition) is 2. The Labute approximate surface area is 179 Å². The Morgan fingerprint density at radius 2 is 1.93 bits per heavy atom. The van der Waals surface area contributed by atoms with Crippen molar-refractivity contribution in [3.8, 4) is 5.75 Å².